The summed E-state index contributed by atoms with van der Waals surface area (Å²) in [6, 6.07) is 9.54. The van der Waals surface area contributed by atoms with E-state index in [1.54, 1.807) is 6.20 Å². The van der Waals surface area contributed by atoms with Crippen LogP contribution in [0, 0.1) is 0 Å². The van der Waals surface area contributed by atoms with Crippen molar-refractivity contribution in [3.05, 3.63) is 74.1 Å². The zero-order chi connectivity index (χ0) is 14.1. The van der Waals surface area contributed by atoms with Crippen LogP contribution in [0.15, 0.2) is 52.3 Å². The van der Waals surface area contributed by atoms with Gasteiger partial charge >= 0.3 is 5.69 Å². The summed E-state index contributed by atoms with van der Waals surface area (Å²) in [7, 11) is 0. The Hall–Kier alpha value is -2.40. The Kier molecular flexibility index (Phi) is 3.12. The van der Waals surface area contributed by atoms with E-state index < -0.39 is 11.2 Å². The average molecular weight is 288 g/mol. The fraction of sp³-hybridized carbons (Fsp3) is 0.0714. The van der Waals surface area contributed by atoms with Gasteiger partial charge in [0.2, 0.25) is 0 Å². The molecule has 1 N–H and O–H groups in total. The molecule has 0 atom stereocenters. The number of aromatic nitrogens is 3. The second-order valence-corrected chi connectivity index (χ2v) is 4.80. The molecule has 3 aromatic rings. The van der Waals surface area contributed by atoms with Crippen molar-refractivity contribution in [3.63, 3.8) is 0 Å². The molecule has 2 aromatic heterocycles. The fourth-order valence-corrected chi connectivity index (χ4v) is 2.19. The lowest BCUT2D eigenvalue weighted by Gasteiger charge is -2.06. The predicted molar refractivity (Wildman–Crippen MR) is 77.2 cm³/mol. The summed E-state index contributed by atoms with van der Waals surface area (Å²) in [6.45, 7) is 0.333. The smallest absolute Gasteiger partial charge is 0.295 e. The fourth-order valence-electron chi connectivity index (χ4n) is 2.02. The molecule has 0 aliphatic heterocycles. The van der Waals surface area contributed by atoms with Crippen molar-refractivity contribution in [1.29, 1.82) is 0 Å². The summed E-state index contributed by atoms with van der Waals surface area (Å²) in [4.78, 5) is 29.3. The summed E-state index contributed by atoms with van der Waals surface area (Å²) in [5, 5.41) is 0.987. The first-order valence-corrected chi connectivity index (χ1v) is 6.34. The van der Waals surface area contributed by atoms with Crippen molar-refractivity contribution >= 4 is 22.5 Å². The van der Waals surface area contributed by atoms with E-state index in [1.807, 2.05) is 30.3 Å². The van der Waals surface area contributed by atoms with Crippen LogP contribution in [0.2, 0.25) is 5.02 Å². The molecule has 6 heteroatoms. The number of nitrogens with zero attached hydrogens (tertiary/aromatic N) is 2. The van der Waals surface area contributed by atoms with Gasteiger partial charge in [0.1, 0.15) is 5.02 Å². The summed E-state index contributed by atoms with van der Waals surface area (Å²) >= 11 is 5.73. The molecule has 100 valence electrons. The molecule has 0 spiro atoms. The Morgan fingerprint density at radius 3 is 2.95 bits per heavy atom. The van der Waals surface area contributed by atoms with Crippen LogP contribution in [0.4, 0.5) is 0 Å². The lowest BCUT2D eigenvalue weighted by molar-refractivity contribution is 0.721. The van der Waals surface area contributed by atoms with Gasteiger partial charge in [0.05, 0.1) is 12.1 Å². The molecule has 5 nitrogen and oxygen atoms in total. The number of nitrogens with one attached hydrogen (secondary N) is 1. The molecule has 0 amide bonds. The topological polar surface area (TPSA) is 67.8 Å². The third-order valence-corrected chi connectivity index (χ3v) is 3.26. The van der Waals surface area contributed by atoms with Crippen LogP contribution in [-0.2, 0) is 6.54 Å². The zero-order valence-corrected chi connectivity index (χ0v) is 11.1. The maximum atomic E-state index is 11.7. The van der Waals surface area contributed by atoms with Gasteiger partial charge in [0.15, 0.2) is 0 Å². The molecule has 0 aliphatic rings. The van der Waals surface area contributed by atoms with E-state index in [9.17, 15) is 9.59 Å². The molecule has 0 fully saturated rings. The first-order valence-electron chi connectivity index (χ1n) is 5.96. The van der Waals surface area contributed by atoms with Gasteiger partial charge in [-0.25, -0.2) is 4.79 Å². The Morgan fingerprint density at radius 1 is 1.25 bits per heavy atom. The van der Waals surface area contributed by atoms with Gasteiger partial charge in [-0.15, -0.1) is 0 Å². The first kappa shape index (κ1) is 12.6. The van der Waals surface area contributed by atoms with Gasteiger partial charge in [-0.1, -0.05) is 23.7 Å². The van der Waals surface area contributed by atoms with Crippen molar-refractivity contribution in [2.24, 2.45) is 0 Å². The van der Waals surface area contributed by atoms with Gasteiger partial charge in [0, 0.05) is 17.8 Å². The van der Waals surface area contributed by atoms with E-state index in [0.29, 0.717) is 6.54 Å². The Labute approximate surface area is 118 Å². The number of hydrogen-bond donors (Lipinski definition) is 1. The Bertz CT molecular complexity index is 899. The second-order valence-electron chi connectivity index (χ2n) is 4.39. The minimum absolute atomic E-state index is 0.00736. The van der Waals surface area contributed by atoms with E-state index in [4.69, 9.17) is 11.6 Å². The standard InChI is InChI=1S/C14H10ClN3O2/c15-11-8-18(14(20)17-13(11)19)7-9-3-4-12-10(6-9)2-1-5-16-12/h1-6,8H,7H2,(H,17,19,20). The van der Waals surface area contributed by atoms with E-state index in [0.717, 1.165) is 16.5 Å². The van der Waals surface area contributed by atoms with Crippen molar-refractivity contribution in [3.8, 4) is 0 Å². The highest BCUT2D eigenvalue weighted by molar-refractivity contribution is 6.30. The molecule has 1 aromatic carbocycles. The summed E-state index contributed by atoms with van der Waals surface area (Å²) in [5.41, 5.74) is 0.764. The molecule has 2 heterocycles. The Balaban J connectivity index is 2.03. The van der Waals surface area contributed by atoms with Crippen molar-refractivity contribution < 1.29 is 0 Å². The molecule has 0 radical (unpaired) electrons. The average Bonchev–Trinajstić information content (AvgIpc) is 2.44. The van der Waals surface area contributed by atoms with Gasteiger partial charge < -0.3 is 0 Å². The van der Waals surface area contributed by atoms with Crippen LogP contribution in [0.1, 0.15) is 5.56 Å². The quantitative estimate of drug-likeness (QED) is 0.781. The van der Waals surface area contributed by atoms with Crippen LogP contribution in [0.25, 0.3) is 10.9 Å². The monoisotopic (exact) mass is 287 g/mol. The molecule has 3 rings (SSSR count). The highest BCUT2D eigenvalue weighted by Crippen LogP contribution is 2.14. The third kappa shape index (κ3) is 2.35. The number of benzene rings is 1. The SMILES string of the molecule is O=c1[nH]c(=O)n(Cc2ccc3ncccc3c2)cc1Cl. The number of hydrogen-bond acceptors (Lipinski definition) is 3. The first-order chi connectivity index (χ1) is 9.63. The van der Waals surface area contributed by atoms with E-state index in [-0.39, 0.29) is 5.02 Å². The number of halogens is 1. The number of H-pyrrole nitrogens is 1. The molecule has 0 aliphatic carbocycles. The third-order valence-electron chi connectivity index (χ3n) is 2.99. The lowest BCUT2D eigenvalue weighted by atomic mass is 10.1. The molecule has 0 saturated heterocycles. The van der Waals surface area contributed by atoms with Gasteiger partial charge in [-0.2, -0.15) is 0 Å². The van der Waals surface area contributed by atoms with Gasteiger partial charge in [-0.05, 0) is 23.8 Å². The maximum absolute atomic E-state index is 11.7. The molecule has 0 unspecified atom stereocenters. The highest BCUT2D eigenvalue weighted by atomic mass is 35.5. The zero-order valence-electron chi connectivity index (χ0n) is 10.3. The normalized spacial score (nSPS) is 10.8. The molecule has 20 heavy (non-hydrogen) atoms. The van der Waals surface area contributed by atoms with Crippen LogP contribution in [0.3, 0.4) is 0 Å². The summed E-state index contributed by atoms with van der Waals surface area (Å²) < 4.78 is 1.36. The van der Waals surface area contributed by atoms with Crippen LogP contribution < -0.4 is 11.2 Å². The minimum Gasteiger partial charge on any atom is -0.295 e. The van der Waals surface area contributed by atoms with Gasteiger partial charge in [0.25, 0.3) is 5.56 Å². The lowest BCUT2D eigenvalue weighted by Crippen LogP contribution is -2.29. The number of rotatable bonds is 2. The maximum Gasteiger partial charge on any atom is 0.328 e. The number of aromatic amines is 1. The van der Waals surface area contributed by atoms with Crippen molar-refractivity contribution in [1.82, 2.24) is 14.5 Å². The molecular formula is C14H10ClN3O2. The van der Waals surface area contributed by atoms with Crippen LogP contribution in [0.5, 0.6) is 0 Å². The van der Waals surface area contributed by atoms with Gasteiger partial charge in [-0.3, -0.25) is 19.3 Å². The highest BCUT2D eigenvalue weighted by Gasteiger charge is 2.04. The number of pyridine rings is 1. The van der Waals surface area contributed by atoms with Crippen molar-refractivity contribution in [2.75, 3.05) is 0 Å². The predicted octanol–water partition coefficient (Wildman–Crippen LogP) is 1.79. The molecule has 0 saturated carbocycles. The largest absolute Gasteiger partial charge is 0.328 e. The van der Waals surface area contributed by atoms with E-state index in [1.165, 1.54) is 10.8 Å². The van der Waals surface area contributed by atoms with E-state index in [2.05, 4.69) is 9.97 Å². The number of fused-ring (bicyclic) bond motifs is 1. The summed E-state index contributed by atoms with van der Waals surface area (Å²) in [6.07, 6.45) is 3.07. The van der Waals surface area contributed by atoms with E-state index >= 15 is 0 Å². The minimum atomic E-state index is -0.573. The molecule has 0 bridgehead atoms. The summed E-state index contributed by atoms with van der Waals surface area (Å²) in [5.74, 6) is 0. The van der Waals surface area contributed by atoms with Crippen molar-refractivity contribution in [2.45, 2.75) is 6.54 Å². The van der Waals surface area contributed by atoms with Crippen LogP contribution in [-0.4, -0.2) is 14.5 Å². The second kappa shape index (κ2) is 4.94. The Morgan fingerprint density at radius 2 is 2.10 bits per heavy atom. The molecular weight excluding hydrogens is 278 g/mol. The van der Waals surface area contributed by atoms with Crippen LogP contribution >= 0.6 is 11.6 Å².